The van der Waals surface area contributed by atoms with Crippen LogP contribution in [-0.4, -0.2) is 18.1 Å². The van der Waals surface area contributed by atoms with Crippen LogP contribution in [0, 0.1) is 10.1 Å². The second kappa shape index (κ2) is 7.61. The number of halogens is 1. The maximum atomic E-state index is 10.8. The molecule has 0 heterocycles. The van der Waals surface area contributed by atoms with Gasteiger partial charge in [0.25, 0.3) is 5.69 Å². The summed E-state index contributed by atoms with van der Waals surface area (Å²) in [5, 5.41) is 10.9. The summed E-state index contributed by atoms with van der Waals surface area (Å²) in [6.07, 6.45) is 0. The lowest BCUT2D eigenvalue weighted by molar-refractivity contribution is -0.384. The van der Waals surface area contributed by atoms with E-state index in [1.54, 1.807) is 6.07 Å². The molecule has 21 heavy (non-hydrogen) atoms. The van der Waals surface area contributed by atoms with Crippen LogP contribution in [0.1, 0.15) is 5.56 Å². The van der Waals surface area contributed by atoms with Crippen LogP contribution in [0.3, 0.4) is 0 Å². The molecule has 2 aromatic carbocycles. The summed E-state index contributed by atoms with van der Waals surface area (Å²) in [5.74, 6) is 0.781. The third-order valence-electron chi connectivity index (χ3n) is 2.72. The predicted molar refractivity (Wildman–Crippen MR) is 79.7 cm³/mol. The Morgan fingerprint density at radius 1 is 1.10 bits per heavy atom. The van der Waals surface area contributed by atoms with Gasteiger partial charge in [-0.3, -0.25) is 10.1 Å². The van der Waals surface area contributed by atoms with Gasteiger partial charge in [0.2, 0.25) is 0 Å². The largest absolute Gasteiger partial charge is 0.491 e. The molecule has 0 saturated heterocycles. The summed E-state index contributed by atoms with van der Waals surface area (Å²) < 4.78 is 10.9. The van der Waals surface area contributed by atoms with E-state index in [-0.39, 0.29) is 17.3 Å². The Hall–Kier alpha value is -2.11. The lowest BCUT2D eigenvalue weighted by atomic mass is 10.2. The lowest BCUT2D eigenvalue weighted by Crippen LogP contribution is -2.06. The van der Waals surface area contributed by atoms with Gasteiger partial charge >= 0.3 is 0 Å². The summed E-state index contributed by atoms with van der Waals surface area (Å²) >= 11 is 5.74. The van der Waals surface area contributed by atoms with E-state index in [1.807, 2.05) is 30.3 Å². The third-order valence-corrected chi connectivity index (χ3v) is 3.04. The van der Waals surface area contributed by atoms with Crippen molar-refractivity contribution in [2.24, 2.45) is 0 Å². The highest BCUT2D eigenvalue weighted by molar-refractivity contribution is 6.32. The van der Waals surface area contributed by atoms with E-state index in [0.29, 0.717) is 18.8 Å². The molecule has 0 aromatic heterocycles. The normalized spacial score (nSPS) is 10.3. The molecule has 0 amide bonds. The van der Waals surface area contributed by atoms with Gasteiger partial charge in [-0.05, 0) is 23.8 Å². The Labute approximate surface area is 127 Å². The third kappa shape index (κ3) is 4.73. The molecule has 0 aliphatic carbocycles. The van der Waals surface area contributed by atoms with Crippen molar-refractivity contribution in [2.75, 3.05) is 13.2 Å². The second-order valence-corrected chi connectivity index (χ2v) is 4.66. The van der Waals surface area contributed by atoms with Crippen molar-refractivity contribution in [3.05, 3.63) is 69.2 Å². The first kappa shape index (κ1) is 15.3. The molecule has 0 fully saturated rings. The monoisotopic (exact) mass is 307 g/mol. The van der Waals surface area contributed by atoms with E-state index in [2.05, 4.69) is 0 Å². The van der Waals surface area contributed by atoms with Gasteiger partial charge in [0.15, 0.2) is 0 Å². The van der Waals surface area contributed by atoms with E-state index in [4.69, 9.17) is 21.1 Å². The molecule has 0 atom stereocenters. The molecule has 0 unspecified atom stereocenters. The van der Waals surface area contributed by atoms with Crippen LogP contribution >= 0.6 is 11.6 Å². The van der Waals surface area contributed by atoms with E-state index in [1.165, 1.54) is 12.1 Å². The average Bonchev–Trinajstić information content (AvgIpc) is 2.49. The van der Waals surface area contributed by atoms with Gasteiger partial charge in [0, 0.05) is 6.07 Å². The van der Waals surface area contributed by atoms with Gasteiger partial charge in [-0.25, -0.2) is 0 Å². The summed E-state index contributed by atoms with van der Waals surface area (Å²) in [6, 6.07) is 14.0. The number of hydrogen-bond acceptors (Lipinski definition) is 4. The minimum atomic E-state index is -0.510. The molecule has 0 aliphatic rings. The minimum absolute atomic E-state index is 0.113. The van der Waals surface area contributed by atoms with Gasteiger partial charge in [0.05, 0.1) is 18.1 Å². The summed E-state index contributed by atoms with van der Waals surface area (Å²) in [7, 11) is 0. The fourth-order valence-electron chi connectivity index (χ4n) is 1.71. The van der Waals surface area contributed by atoms with Crippen molar-refractivity contribution in [3.63, 3.8) is 0 Å². The zero-order valence-corrected chi connectivity index (χ0v) is 12.0. The standard InChI is InChI=1S/C15H14ClNO4/c16-14-7-6-12(10-15(14)17(18)19)11-20-8-9-21-13-4-2-1-3-5-13/h1-7,10H,8-9,11H2. The molecular weight excluding hydrogens is 294 g/mol. The quantitative estimate of drug-likeness (QED) is 0.443. The fourth-order valence-corrected chi connectivity index (χ4v) is 1.90. The molecule has 0 saturated carbocycles. The van der Waals surface area contributed by atoms with Crippen molar-refractivity contribution >= 4 is 17.3 Å². The van der Waals surface area contributed by atoms with E-state index in [9.17, 15) is 10.1 Å². The first-order chi connectivity index (χ1) is 10.2. The molecule has 2 aromatic rings. The maximum Gasteiger partial charge on any atom is 0.288 e. The molecule has 0 N–H and O–H groups in total. The number of ether oxygens (including phenoxy) is 2. The molecule has 6 heteroatoms. The van der Waals surface area contributed by atoms with Crippen molar-refractivity contribution < 1.29 is 14.4 Å². The highest BCUT2D eigenvalue weighted by atomic mass is 35.5. The van der Waals surface area contributed by atoms with Gasteiger partial charge in [-0.1, -0.05) is 35.9 Å². The number of nitrogens with zero attached hydrogens (tertiary/aromatic N) is 1. The Bertz CT molecular complexity index is 604. The average molecular weight is 308 g/mol. The van der Waals surface area contributed by atoms with E-state index >= 15 is 0 Å². The summed E-state index contributed by atoms with van der Waals surface area (Å²) in [4.78, 5) is 10.3. The van der Waals surface area contributed by atoms with E-state index < -0.39 is 4.92 Å². The van der Waals surface area contributed by atoms with Crippen LogP contribution in [0.2, 0.25) is 5.02 Å². The SMILES string of the molecule is O=[N+]([O-])c1cc(COCCOc2ccccc2)ccc1Cl. The van der Waals surface area contributed by atoms with E-state index in [0.717, 1.165) is 5.75 Å². The Morgan fingerprint density at radius 2 is 1.86 bits per heavy atom. The molecule has 0 radical (unpaired) electrons. The number of nitro groups is 1. The van der Waals surface area contributed by atoms with Crippen LogP contribution < -0.4 is 4.74 Å². The molecule has 0 spiro atoms. The molecular formula is C15H14ClNO4. The number of benzene rings is 2. The van der Waals surface area contributed by atoms with Crippen LogP contribution in [0.4, 0.5) is 5.69 Å². The van der Waals surface area contributed by atoms with Crippen molar-refractivity contribution in [1.29, 1.82) is 0 Å². The second-order valence-electron chi connectivity index (χ2n) is 4.26. The zero-order valence-electron chi connectivity index (χ0n) is 11.2. The first-order valence-corrected chi connectivity index (χ1v) is 6.73. The fraction of sp³-hybridized carbons (Fsp3) is 0.200. The van der Waals surface area contributed by atoms with Crippen LogP contribution in [0.15, 0.2) is 48.5 Å². The van der Waals surface area contributed by atoms with Crippen molar-refractivity contribution in [2.45, 2.75) is 6.61 Å². The summed E-state index contributed by atoms with van der Waals surface area (Å²) in [5.41, 5.74) is 0.587. The topological polar surface area (TPSA) is 61.6 Å². The van der Waals surface area contributed by atoms with Gasteiger partial charge < -0.3 is 9.47 Å². The Morgan fingerprint density at radius 3 is 2.57 bits per heavy atom. The molecule has 2 rings (SSSR count). The number of hydrogen-bond donors (Lipinski definition) is 0. The van der Waals surface area contributed by atoms with Crippen LogP contribution in [0.25, 0.3) is 0 Å². The number of rotatable bonds is 7. The van der Waals surface area contributed by atoms with Gasteiger partial charge in [-0.2, -0.15) is 0 Å². The predicted octanol–water partition coefficient (Wildman–Crippen LogP) is 3.84. The maximum absolute atomic E-state index is 10.8. The molecule has 110 valence electrons. The minimum Gasteiger partial charge on any atom is -0.491 e. The Balaban J connectivity index is 1.76. The van der Waals surface area contributed by atoms with Gasteiger partial charge in [0.1, 0.15) is 17.4 Å². The zero-order chi connectivity index (χ0) is 15.1. The van der Waals surface area contributed by atoms with Crippen molar-refractivity contribution in [3.8, 4) is 5.75 Å². The van der Waals surface area contributed by atoms with Crippen LogP contribution in [0.5, 0.6) is 5.75 Å². The first-order valence-electron chi connectivity index (χ1n) is 6.35. The molecule has 0 bridgehead atoms. The lowest BCUT2D eigenvalue weighted by Gasteiger charge is -2.07. The van der Waals surface area contributed by atoms with Gasteiger partial charge in [-0.15, -0.1) is 0 Å². The highest BCUT2D eigenvalue weighted by Gasteiger charge is 2.12. The van der Waals surface area contributed by atoms with Crippen molar-refractivity contribution in [1.82, 2.24) is 0 Å². The number of para-hydroxylation sites is 1. The Kier molecular flexibility index (Phi) is 5.54. The highest BCUT2D eigenvalue weighted by Crippen LogP contribution is 2.25. The number of nitro benzene ring substituents is 1. The smallest absolute Gasteiger partial charge is 0.288 e. The molecule has 5 nitrogen and oxygen atoms in total. The van der Waals surface area contributed by atoms with Crippen LogP contribution in [-0.2, 0) is 11.3 Å². The molecule has 0 aliphatic heterocycles. The summed E-state index contributed by atoms with van der Waals surface area (Å²) in [6.45, 7) is 1.08.